The van der Waals surface area contributed by atoms with Crippen LogP contribution in [0.5, 0.6) is 0 Å². The first-order valence-electron chi connectivity index (χ1n) is 5.19. The molecule has 18 heavy (non-hydrogen) atoms. The summed E-state index contributed by atoms with van der Waals surface area (Å²) in [4.78, 5) is 4.08. The minimum Gasteiger partial charge on any atom is -0.338 e. The van der Waals surface area contributed by atoms with E-state index in [1.54, 1.807) is 12.3 Å². The second-order valence-corrected chi connectivity index (χ2v) is 4.12. The SMILES string of the molecule is Cc1ccnc(Nc2ccc(F)cc2Cl)c1C#N. The molecule has 0 bridgehead atoms. The summed E-state index contributed by atoms with van der Waals surface area (Å²) in [5.74, 6) is -0.00531. The molecule has 90 valence electrons. The van der Waals surface area contributed by atoms with Crippen LogP contribution in [0.1, 0.15) is 11.1 Å². The highest BCUT2D eigenvalue weighted by molar-refractivity contribution is 6.33. The van der Waals surface area contributed by atoms with Gasteiger partial charge >= 0.3 is 0 Å². The van der Waals surface area contributed by atoms with Gasteiger partial charge in [0, 0.05) is 6.20 Å². The van der Waals surface area contributed by atoms with Crippen molar-refractivity contribution in [1.82, 2.24) is 4.98 Å². The van der Waals surface area contributed by atoms with Crippen LogP contribution in [0.3, 0.4) is 0 Å². The third-order valence-electron chi connectivity index (χ3n) is 2.46. The molecule has 2 rings (SSSR count). The van der Waals surface area contributed by atoms with Crippen LogP contribution in [0.4, 0.5) is 15.9 Å². The molecule has 0 fully saturated rings. The Morgan fingerprint density at radius 2 is 2.17 bits per heavy atom. The largest absolute Gasteiger partial charge is 0.338 e. The van der Waals surface area contributed by atoms with E-state index in [9.17, 15) is 4.39 Å². The van der Waals surface area contributed by atoms with E-state index in [1.807, 2.05) is 6.92 Å². The molecule has 0 aliphatic carbocycles. The Bertz CT molecular complexity index is 635. The number of nitriles is 1. The first-order chi connectivity index (χ1) is 8.61. The van der Waals surface area contributed by atoms with E-state index in [4.69, 9.17) is 16.9 Å². The predicted molar refractivity (Wildman–Crippen MR) is 68.4 cm³/mol. The van der Waals surface area contributed by atoms with E-state index in [1.165, 1.54) is 18.2 Å². The molecular weight excluding hydrogens is 253 g/mol. The second kappa shape index (κ2) is 5.03. The van der Waals surface area contributed by atoms with Crippen LogP contribution in [0.2, 0.25) is 5.02 Å². The molecule has 0 aliphatic rings. The van der Waals surface area contributed by atoms with Crippen LogP contribution in [0.25, 0.3) is 0 Å². The number of rotatable bonds is 2. The molecule has 0 aliphatic heterocycles. The van der Waals surface area contributed by atoms with Crippen LogP contribution in [0.15, 0.2) is 30.5 Å². The quantitative estimate of drug-likeness (QED) is 0.895. The first-order valence-corrected chi connectivity index (χ1v) is 5.57. The van der Waals surface area contributed by atoms with E-state index >= 15 is 0 Å². The number of nitrogens with zero attached hydrogens (tertiary/aromatic N) is 2. The fourth-order valence-electron chi connectivity index (χ4n) is 1.51. The number of benzene rings is 1. The molecule has 0 spiro atoms. The molecule has 5 heteroatoms. The Morgan fingerprint density at radius 3 is 2.83 bits per heavy atom. The summed E-state index contributed by atoms with van der Waals surface area (Å²) in [7, 11) is 0. The van der Waals surface area contributed by atoms with Gasteiger partial charge < -0.3 is 5.32 Å². The average Bonchev–Trinajstić information content (AvgIpc) is 2.33. The van der Waals surface area contributed by atoms with Gasteiger partial charge in [0.1, 0.15) is 17.7 Å². The molecule has 2 aromatic rings. The van der Waals surface area contributed by atoms with Gasteiger partial charge in [0.05, 0.1) is 16.3 Å². The summed E-state index contributed by atoms with van der Waals surface area (Å²) in [6.45, 7) is 1.82. The topological polar surface area (TPSA) is 48.7 Å². The van der Waals surface area contributed by atoms with E-state index in [0.29, 0.717) is 17.1 Å². The molecule has 0 saturated heterocycles. The summed E-state index contributed by atoms with van der Waals surface area (Å²) >= 11 is 5.90. The van der Waals surface area contributed by atoms with Crippen molar-refractivity contribution >= 4 is 23.1 Å². The monoisotopic (exact) mass is 261 g/mol. The van der Waals surface area contributed by atoms with E-state index < -0.39 is 5.82 Å². The van der Waals surface area contributed by atoms with E-state index in [0.717, 1.165) is 5.56 Å². The third kappa shape index (κ3) is 2.41. The lowest BCUT2D eigenvalue weighted by Crippen LogP contribution is -1.99. The Labute approximate surface area is 109 Å². The summed E-state index contributed by atoms with van der Waals surface area (Å²) in [6.07, 6.45) is 1.59. The van der Waals surface area contributed by atoms with Crippen molar-refractivity contribution in [3.05, 3.63) is 52.4 Å². The van der Waals surface area contributed by atoms with Crippen LogP contribution in [0, 0.1) is 24.1 Å². The zero-order valence-electron chi connectivity index (χ0n) is 9.54. The third-order valence-corrected chi connectivity index (χ3v) is 2.77. The van der Waals surface area contributed by atoms with Gasteiger partial charge in [0.2, 0.25) is 0 Å². The Morgan fingerprint density at radius 1 is 1.39 bits per heavy atom. The van der Waals surface area contributed by atoms with Crippen molar-refractivity contribution in [1.29, 1.82) is 5.26 Å². The number of hydrogen-bond donors (Lipinski definition) is 1. The van der Waals surface area contributed by atoms with Crippen LogP contribution in [-0.2, 0) is 0 Å². The number of pyridine rings is 1. The highest BCUT2D eigenvalue weighted by Crippen LogP contribution is 2.27. The fraction of sp³-hybridized carbons (Fsp3) is 0.0769. The number of aromatic nitrogens is 1. The Balaban J connectivity index is 2.41. The molecule has 0 amide bonds. The van der Waals surface area contributed by atoms with Gasteiger partial charge in [0.15, 0.2) is 0 Å². The minimum absolute atomic E-state index is 0.238. The summed E-state index contributed by atoms with van der Waals surface area (Å²) < 4.78 is 12.9. The van der Waals surface area contributed by atoms with Crippen LogP contribution < -0.4 is 5.32 Å². The van der Waals surface area contributed by atoms with Gasteiger partial charge in [0.25, 0.3) is 0 Å². The highest BCUT2D eigenvalue weighted by Gasteiger charge is 2.09. The molecule has 1 aromatic carbocycles. The van der Waals surface area contributed by atoms with Crippen LogP contribution >= 0.6 is 11.6 Å². The number of aryl methyl sites for hydroxylation is 1. The summed E-state index contributed by atoms with van der Waals surface area (Å²) in [5.41, 5.74) is 1.76. The van der Waals surface area contributed by atoms with Gasteiger partial charge in [-0.3, -0.25) is 0 Å². The van der Waals surface area contributed by atoms with Crippen LogP contribution in [-0.4, -0.2) is 4.98 Å². The number of halogens is 2. The van der Waals surface area contributed by atoms with Gasteiger partial charge in [-0.05, 0) is 36.8 Å². The lowest BCUT2D eigenvalue weighted by molar-refractivity contribution is 0.628. The number of nitrogens with one attached hydrogen (secondary N) is 1. The molecule has 1 N–H and O–H groups in total. The van der Waals surface area contributed by atoms with Crippen molar-refractivity contribution in [3.8, 4) is 6.07 Å². The summed E-state index contributed by atoms with van der Waals surface area (Å²) in [6, 6.07) is 7.81. The predicted octanol–water partition coefficient (Wildman–Crippen LogP) is 3.80. The van der Waals surface area contributed by atoms with Gasteiger partial charge in [-0.2, -0.15) is 5.26 Å². The standard InChI is InChI=1S/C13H9ClFN3/c1-8-4-5-17-13(10(8)7-16)18-12-3-2-9(15)6-11(12)14/h2-6H,1H3,(H,17,18). The van der Waals surface area contributed by atoms with Crippen molar-refractivity contribution in [2.24, 2.45) is 0 Å². The highest BCUT2D eigenvalue weighted by atomic mass is 35.5. The molecule has 3 nitrogen and oxygen atoms in total. The Kier molecular flexibility index (Phi) is 3.45. The molecule has 0 saturated carbocycles. The van der Waals surface area contributed by atoms with Gasteiger partial charge in [-0.15, -0.1) is 0 Å². The maximum atomic E-state index is 12.9. The normalized spacial score (nSPS) is 9.89. The van der Waals surface area contributed by atoms with Gasteiger partial charge in [-0.25, -0.2) is 9.37 Å². The molecule has 1 aromatic heterocycles. The second-order valence-electron chi connectivity index (χ2n) is 3.71. The first kappa shape index (κ1) is 12.3. The smallest absolute Gasteiger partial charge is 0.148 e. The molecule has 0 unspecified atom stereocenters. The lowest BCUT2D eigenvalue weighted by Gasteiger charge is -2.10. The van der Waals surface area contributed by atoms with E-state index in [2.05, 4.69) is 16.4 Å². The maximum absolute atomic E-state index is 12.9. The van der Waals surface area contributed by atoms with Gasteiger partial charge in [-0.1, -0.05) is 11.6 Å². The van der Waals surface area contributed by atoms with E-state index in [-0.39, 0.29) is 5.02 Å². The zero-order chi connectivity index (χ0) is 13.1. The lowest BCUT2D eigenvalue weighted by atomic mass is 10.1. The maximum Gasteiger partial charge on any atom is 0.148 e. The molecular formula is C13H9ClFN3. The number of anilines is 2. The van der Waals surface area contributed by atoms with Crippen molar-refractivity contribution in [2.45, 2.75) is 6.92 Å². The van der Waals surface area contributed by atoms with Crippen molar-refractivity contribution in [3.63, 3.8) is 0 Å². The minimum atomic E-state index is -0.414. The average molecular weight is 262 g/mol. The van der Waals surface area contributed by atoms with Crippen molar-refractivity contribution in [2.75, 3.05) is 5.32 Å². The number of hydrogen-bond acceptors (Lipinski definition) is 3. The van der Waals surface area contributed by atoms with Crippen molar-refractivity contribution < 1.29 is 4.39 Å². The molecule has 0 atom stereocenters. The zero-order valence-corrected chi connectivity index (χ0v) is 10.3. The fourth-order valence-corrected chi connectivity index (χ4v) is 1.73. The Hall–Kier alpha value is -2.12. The molecule has 0 radical (unpaired) electrons. The molecule has 1 heterocycles. The summed E-state index contributed by atoms with van der Waals surface area (Å²) in [5, 5.41) is 12.2.